The number of esters is 1. The Labute approximate surface area is 171 Å². The summed E-state index contributed by atoms with van der Waals surface area (Å²) in [5.41, 5.74) is 0.539. The predicted molar refractivity (Wildman–Crippen MR) is 109 cm³/mol. The van der Waals surface area contributed by atoms with E-state index < -0.39 is 5.41 Å². The van der Waals surface area contributed by atoms with Gasteiger partial charge in [-0.3, -0.25) is 19.2 Å². The first-order valence-electron chi connectivity index (χ1n) is 10.3. The molecule has 2 aromatic rings. The minimum Gasteiger partial charge on any atom is -0.466 e. The number of anilines is 1. The summed E-state index contributed by atoms with van der Waals surface area (Å²) in [6, 6.07) is 12.1. The first-order valence-corrected chi connectivity index (χ1v) is 10.3. The highest BCUT2D eigenvalue weighted by Gasteiger charge is 2.60. The minimum atomic E-state index is -0.592. The summed E-state index contributed by atoms with van der Waals surface area (Å²) in [5.74, 6) is 0.316. The maximum absolute atomic E-state index is 13.1. The zero-order valence-corrected chi connectivity index (χ0v) is 17.0. The molecular weight excluding hydrogens is 368 g/mol. The lowest BCUT2D eigenvalue weighted by atomic mass is 9.70. The van der Waals surface area contributed by atoms with Gasteiger partial charge in [0.2, 0.25) is 5.91 Å². The van der Waals surface area contributed by atoms with E-state index in [9.17, 15) is 9.59 Å². The van der Waals surface area contributed by atoms with Crippen LogP contribution in [0.1, 0.15) is 31.7 Å². The molecule has 2 aliphatic rings. The van der Waals surface area contributed by atoms with Crippen LogP contribution in [0, 0.1) is 5.41 Å². The zero-order chi connectivity index (χ0) is 20.4. The van der Waals surface area contributed by atoms with Gasteiger partial charge in [0.1, 0.15) is 0 Å². The van der Waals surface area contributed by atoms with Crippen molar-refractivity contribution in [3.8, 4) is 0 Å². The number of ether oxygens (including phenoxy) is 1. The number of hydrogen-bond acceptors (Lipinski definition) is 5. The van der Waals surface area contributed by atoms with Crippen LogP contribution in [-0.2, 0) is 27.8 Å². The molecule has 3 atom stereocenters. The van der Waals surface area contributed by atoms with E-state index in [2.05, 4.69) is 27.4 Å². The molecule has 29 heavy (non-hydrogen) atoms. The molecule has 2 saturated heterocycles. The van der Waals surface area contributed by atoms with E-state index in [1.54, 1.807) is 16.9 Å². The summed E-state index contributed by atoms with van der Waals surface area (Å²) in [4.78, 5) is 28.0. The molecule has 2 bridgehead atoms. The average molecular weight is 396 g/mol. The molecule has 154 valence electrons. The highest BCUT2D eigenvalue weighted by molar-refractivity contribution is 5.91. The third kappa shape index (κ3) is 3.79. The fourth-order valence-electron chi connectivity index (χ4n) is 5.09. The topological polar surface area (TPSA) is 76.5 Å². The second-order valence-electron chi connectivity index (χ2n) is 8.09. The van der Waals surface area contributed by atoms with E-state index in [1.165, 1.54) is 0 Å². The molecular formula is C22H28N4O3. The van der Waals surface area contributed by atoms with E-state index in [1.807, 2.05) is 32.2 Å². The molecule has 4 rings (SSSR count). The fraction of sp³-hybridized carbons (Fsp3) is 0.500. The smallest absolute Gasteiger partial charge is 0.314 e. The molecule has 7 nitrogen and oxygen atoms in total. The molecule has 2 aliphatic heterocycles. The molecule has 0 spiro atoms. The standard InChI is InChI=1S/C22H28N4O3/c1-3-29-21(28)22(13-16-7-5-4-6-8-16)14-17-9-10-18(22)26(17)15-20(27)23-19-11-12-25(2)24-19/h4-8,11-12,17-18H,3,9-10,13-15H2,1-2H3,(H,23,24,27)/t17-,18+,22+/m1/s1. The van der Waals surface area contributed by atoms with Crippen molar-refractivity contribution in [2.24, 2.45) is 12.5 Å². The summed E-state index contributed by atoms with van der Waals surface area (Å²) in [5, 5.41) is 7.07. The summed E-state index contributed by atoms with van der Waals surface area (Å²) < 4.78 is 7.18. The molecule has 0 unspecified atom stereocenters. The second-order valence-corrected chi connectivity index (χ2v) is 8.09. The number of nitrogens with zero attached hydrogens (tertiary/aromatic N) is 3. The molecule has 0 aliphatic carbocycles. The molecule has 7 heteroatoms. The fourth-order valence-corrected chi connectivity index (χ4v) is 5.09. The molecule has 0 radical (unpaired) electrons. The van der Waals surface area contributed by atoms with Crippen LogP contribution in [0.2, 0.25) is 0 Å². The second kappa shape index (κ2) is 7.99. The Morgan fingerprint density at radius 2 is 2.03 bits per heavy atom. The number of aromatic nitrogens is 2. The summed E-state index contributed by atoms with van der Waals surface area (Å²) >= 11 is 0. The van der Waals surface area contributed by atoms with Gasteiger partial charge in [-0.05, 0) is 38.2 Å². The number of aryl methyl sites for hydroxylation is 1. The number of carbonyl (C=O) groups is 2. The van der Waals surface area contributed by atoms with E-state index in [0.717, 1.165) is 24.8 Å². The number of rotatable bonds is 7. The largest absolute Gasteiger partial charge is 0.466 e. The maximum atomic E-state index is 13.1. The maximum Gasteiger partial charge on any atom is 0.314 e. The highest BCUT2D eigenvalue weighted by Crippen LogP contribution is 2.52. The van der Waals surface area contributed by atoms with E-state index in [-0.39, 0.29) is 30.5 Å². The average Bonchev–Trinajstić information content (AvgIpc) is 3.36. The Morgan fingerprint density at radius 3 is 2.72 bits per heavy atom. The van der Waals surface area contributed by atoms with Crippen LogP contribution in [0.5, 0.6) is 0 Å². The Bertz CT molecular complexity index is 881. The number of fused-ring (bicyclic) bond motifs is 2. The number of amides is 1. The van der Waals surface area contributed by atoms with Crippen LogP contribution in [-0.4, -0.2) is 51.8 Å². The molecule has 0 saturated carbocycles. The molecule has 1 aromatic carbocycles. The third-order valence-electron chi connectivity index (χ3n) is 6.23. The first-order chi connectivity index (χ1) is 14.0. The van der Waals surface area contributed by atoms with Gasteiger partial charge in [0.15, 0.2) is 5.82 Å². The normalized spacial score (nSPS) is 25.9. The van der Waals surface area contributed by atoms with E-state index in [0.29, 0.717) is 18.8 Å². The van der Waals surface area contributed by atoms with E-state index in [4.69, 9.17) is 4.74 Å². The quantitative estimate of drug-likeness (QED) is 0.728. The lowest BCUT2D eigenvalue weighted by molar-refractivity contribution is -0.157. The summed E-state index contributed by atoms with van der Waals surface area (Å²) in [6.07, 6.45) is 5.10. The number of hydrogen-bond donors (Lipinski definition) is 1. The number of nitrogens with one attached hydrogen (secondary N) is 1. The van der Waals surface area contributed by atoms with Crippen molar-refractivity contribution in [1.82, 2.24) is 14.7 Å². The first kappa shape index (κ1) is 19.6. The van der Waals surface area contributed by atoms with Crippen molar-refractivity contribution < 1.29 is 14.3 Å². The van der Waals surface area contributed by atoms with Crippen molar-refractivity contribution in [3.63, 3.8) is 0 Å². The van der Waals surface area contributed by atoms with Gasteiger partial charge in [-0.15, -0.1) is 0 Å². The van der Waals surface area contributed by atoms with Gasteiger partial charge in [-0.25, -0.2) is 0 Å². The van der Waals surface area contributed by atoms with Gasteiger partial charge >= 0.3 is 5.97 Å². The van der Waals surface area contributed by atoms with Crippen LogP contribution < -0.4 is 5.32 Å². The lowest BCUT2D eigenvalue weighted by Crippen LogP contribution is -2.47. The monoisotopic (exact) mass is 396 g/mol. The minimum absolute atomic E-state index is 0.0150. The molecule has 2 fully saturated rings. The van der Waals surface area contributed by atoms with Gasteiger partial charge in [-0.2, -0.15) is 5.10 Å². The van der Waals surface area contributed by atoms with Crippen molar-refractivity contribution in [1.29, 1.82) is 0 Å². The molecule has 3 heterocycles. The SMILES string of the molecule is CCOC(=O)[C@@]1(Cc2ccccc2)C[C@H]2CC[C@@H]1N2CC(=O)Nc1ccn(C)n1. The molecule has 1 N–H and O–H groups in total. The van der Waals surface area contributed by atoms with Crippen LogP contribution in [0.15, 0.2) is 42.6 Å². The van der Waals surface area contributed by atoms with Gasteiger partial charge < -0.3 is 10.1 Å². The Balaban J connectivity index is 1.53. The van der Waals surface area contributed by atoms with Crippen molar-refractivity contribution in [2.75, 3.05) is 18.5 Å². The van der Waals surface area contributed by atoms with Crippen LogP contribution in [0.3, 0.4) is 0 Å². The third-order valence-corrected chi connectivity index (χ3v) is 6.23. The van der Waals surface area contributed by atoms with Gasteiger partial charge in [0.25, 0.3) is 0 Å². The van der Waals surface area contributed by atoms with Crippen molar-refractivity contribution in [2.45, 2.75) is 44.7 Å². The predicted octanol–water partition coefficient (Wildman–Crippen LogP) is 2.39. The Morgan fingerprint density at radius 1 is 1.24 bits per heavy atom. The Kier molecular flexibility index (Phi) is 5.41. The summed E-state index contributed by atoms with van der Waals surface area (Å²) in [6.45, 7) is 2.48. The van der Waals surface area contributed by atoms with Gasteiger partial charge in [-0.1, -0.05) is 30.3 Å². The number of benzene rings is 1. The van der Waals surface area contributed by atoms with Crippen molar-refractivity contribution >= 4 is 17.7 Å². The molecule has 1 aromatic heterocycles. The number of carbonyl (C=O) groups excluding carboxylic acids is 2. The van der Waals surface area contributed by atoms with Crippen LogP contribution in [0.25, 0.3) is 0 Å². The van der Waals surface area contributed by atoms with Gasteiger partial charge in [0, 0.05) is 31.4 Å². The molecule has 1 amide bonds. The highest BCUT2D eigenvalue weighted by atomic mass is 16.5. The van der Waals surface area contributed by atoms with Crippen LogP contribution in [0.4, 0.5) is 5.82 Å². The Hall–Kier alpha value is -2.67. The zero-order valence-electron chi connectivity index (χ0n) is 17.0. The van der Waals surface area contributed by atoms with Crippen LogP contribution >= 0.6 is 0 Å². The van der Waals surface area contributed by atoms with Crippen molar-refractivity contribution in [3.05, 3.63) is 48.2 Å². The van der Waals surface area contributed by atoms with Gasteiger partial charge in [0.05, 0.1) is 18.6 Å². The van der Waals surface area contributed by atoms with E-state index >= 15 is 0 Å². The lowest BCUT2D eigenvalue weighted by Gasteiger charge is -2.35. The summed E-state index contributed by atoms with van der Waals surface area (Å²) in [7, 11) is 1.81.